The minimum atomic E-state index is -0.0946. The van der Waals surface area contributed by atoms with Crippen LogP contribution in [-0.2, 0) is 14.4 Å². The van der Waals surface area contributed by atoms with Crippen LogP contribution in [0.2, 0.25) is 0 Å². The van der Waals surface area contributed by atoms with E-state index in [1.165, 1.54) is 32.1 Å². The van der Waals surface area contributed by atoms with Gasteiger partial charge in [-0.15, -0.1) is 0 Å². The Morgan fingerprint density at radius 1 is 1.09 bits per heavy atom. The summed E-state index contributed by atoms with van der Waals surface area (Å²) >= 11 is 0. The average molecular weight is 451 g/mol. The Morgan fingerprint density at radius 2 is 1.91 bits per heavy atom. The Balaban J connectivity index is 1.05. The fraction of sp³-hybridized carbons (Fsp3) is 0.913. The molecule has 6 N–H and O–H groups in total. The summed E-state index contributed by atoms with van der Waals surface area (Å²) in [5, 5.41) is 10.0. The molecule has 0 aromatic rings. The molecule has 2 saturated carbocycles. The molecule has 9 nitrogen and oxygen atoms in total. The molecule has 2 aliphatic heterocycles. The second kappa shape index (κ2) is 11.7. The van der Waals surface area contributed by atoms with Crippen molar-refractivity contribution in [3.05, 3.63) is 0 Å². The fourth-order valence-electron chi connectivity index (χ4n) is 5.78. The normalized spacial score (nSPS) is 37.5. The van der Waals surface area contributed by atoms with Crippen LogP contribution in [0.25, 0.3) is 0 Å². The molecule has 9 heteroatoms. The highest BCUT2D eigenvalue weighted by atomic mass is 16.7. The molecular formula is C23H42N6O3. The van der Waals surface area contributed by atoms with E-state index >= 15 is 0 Å². The van der Waals surface area contributed by atoms with Gasteiger partial charge in [-0.3, -0.25) is 25.2 Å². The van der Waals surface area contributed by atoms with Gasteiger partial charge in [-0.1, -0.05) is 32.6 Å². The number of carbonyl (C=O) groups is 2. The lowest BCUT2D eigenvalue weighted by Crippen LogP contribution is -2.64. The molecule has 2 amide bonds. The van der Waals surface area contributed by atoms with Gasteiger partial charge in [0.1, 0.15) is 6.23 Å². The van der Waals surface area contributed by atoms with Gasteiger partial charge < -0.3 is 10.6 Å². The number of carbonyl (C=O) groups excluding carboxylic acids is 2. The van der Waals surface area contributed by atoms with Crippen LogP contribution in [0, 0.1) is 23.7 Å². The number of amides is 2. The van der Waals surface area contributed by atoms with Crippen LogP contribution in [-0.4, -0.2) is 43.5 Å². The quantitative estimate of drug-likeness (QED) is 0.293. The summed E-state index contributed by atoms with van der Waals surface area (Å²) in [5.41, 5.74) is 9.08. The predicted octanol–water partition coefficient (Wildman–Crippen LogP) is 1.23. The molecule has 5 unspecified atom stereocenters. The van der Waals surface area contributed by atoms with Gasteiger partial charge >= 0.3 is 0 Å². The second-order valence-corrected chi connectivity index (χ2v) is 10.3. The highest BCUT2D eigenvalue weighted by molar-refractivity contribution is 5.79. The molecule has 0 aromatic heterocycles. The van der Waals surface area contributed by atoms with Crippen molar-refractivity contribution in [3.8, 4) is 0 Å². The lowest BCUT2D eigenvalue weighted by molar-refractivity contribution is -0.134. The molecule has 2 aliphatic carbocycles. The van der Waals surface area contributed by atoms with E-state index in [1.807, 2.05) is 0 Å². The summed E-state index contributed by atoms with van der Waals surface area (Å²) < 4.78 is 0. The maximum atomic E-state index is 12.2. The maximum absolute atomic E-state index is 12.2. The van der Waals surface area contributed by atoms with Gasteiger partial charge in [0.25, 0.3) is 0 Å². The molecule has 2 saturated heterocycles. The highest BCUT2D eigenvalue weighted by Crippen LogP contribution is 2.33. The van der Waals surface area contributed by atoms with Gasteiger partial charge in [-0.2, -0.15) is 5.48 Å². The molecule has 4 fully saturated rings. The van der Waals surface area contributed by atoms with Crippen molar-refractivity contribution in [1.82, 2.24) is 32.3 Å². The molecule has 0 aromatic carbocycles. The number of fused-ring (bicyclic) bond motifs is 1. The van der Waals surface area contributed by atoms with Crippen molar-refractivity contribution in [2.45, 2.75) is 96.1 Å². The Labute approximate surface area is 191 Å². The van der Waals surface area contributed by atoms with E-state index in [0.29, 0.717) is 31.2 Å². The SMILES string of the molecule is CC1CCC(C2NOC(CCC(=O)NCCCNC3NNC(=O)C4CCCCC34)N2)CC1. The number of hydrogen-bond donors (Lipinski definition) is 6. The van der Waals surface area contributed by atoms with E-state index in [-0.39, 0.29) is 36.3 Å². The predicted molar refractivity (Wildman–Crippen MR) is 121 cm³/mol. The Kier molecular flexibility index (Phi) is 8.76. The molecule has 0 radical (unpaired) electrons. The molecule has 0 spiro atoms. The highest BCUT2D eigenvalue weighted by Gasteiger charge is 2.39. The zero-order chi connectivity index (χ0) is 22.3. The molecule has 5 atom stereocenters. The van der Waals surface area contributed by atoms with Crippen molar-refractivity contribution < 1.29 is 14.4 Å². The third kappa shape index (κ3) is 6.41. The smallest absolute Gasteiger partial charge is 0.237 e. The second-order valence-electron chi connectivity index (χ2n) is 10.3. The van der Waals surface area contributed by atoms with E-state index in [2.05, 4.69) is 39.2 Å². The summed E-state index contributed by atoms with van der Waals surface area (Å²) in [6, 6.07) is 0. The fourth-order valence-corrected chi connectivity index (χ4v) is 5.78. The number of hydrazine groups is 1. The average Bonchev–Trinajstić information content (AvgIpc) is 3.28. The van der Waals surface area contributed by atoms with Crippen molar-refractivity contribution >= 4 is 11.8 Å². The van der Waals surface area contributed by atoms with Crippen LogP contribution in [0.5, 0.6) is 0 Å². The summed E-state index contributed by atoms with van der Waals surface area (Å²) in [6.07, 6.45) is 11.7. The number of nitrogens with one attached hydrogen (secondary N) is 6. The molecular weight excluding hydrogens is 408 g/mol. The third-order valence-electron chi connectivity index (χ3n) is 7.84. The van der Waals surface area contributed by atoms with Gasteiger partial charge in [0.05, 0.1) is 12.3 Å². The maximum Gasteiger partial charge on any atom is 0.237 e. The van der Waals surface area contributed by atoms with Crippen LogP contribution in [0.1, 0.15) is 77.6 Å². The molecule has 182 valence electrons. The molecule has 2 heterocycles. The molecule has 4 aliphatic rings. The molecule has 32 heavy (non-hydrogen) atoms. The first-order valence-electron chi connectivity index (χ1n) is 12.8. The van der Waals surface area contributed by atoms with Gasteiger partial charge in [0.15, 0.2) is 0 Å². The zero-order valence-electron chi connectivity index (χ0n) is 19.5. The van der Waals surface area contributed by atoms with Gasteiger partial charge in [0.2, 0.25) is 11.8 Å². The Hall–Kier alpha value is -1.26. The largest absolute Gasteiger partial charge is 0.356 e. The van der Waals surface area contributed by atoms with Gasteiger partial charge in [-0.05, 0) is 56.9 Å². The molecule has 0 bridgehead atoms. The van der Waals surface area contributed by atoms with Crippen LogP contribution >= 0.6 is 0 Å². The first-order chi connectivity index (χ1) is 15.6. The van der Waals surface area contributed by atoms with Crippen molar-refractivity contribution in [2.75, 3.05) is 13.1 Å². The molecule has 4 rings (SSSR count). The minimum absolute atomic E-state index is 0.0701. The monoisotopic (exact) mass is 450 g/mol. The minimum Gasteiger partial charge on any atom is -0.356 e. The van der Waals surface area contributed by atoms with Crippen LogP contribution in [0.15, 0.2) is 0 Å². The van der Waals surface area contributed by atoms with Crippen LogP contribution < -0.4 is 32.3 Å². The lowest BCUT2D eigenvalue weighted by Gasteiger charge is -2.41. The van der Waals surface area contributed by atoms with Crippen molar-refractivity contribution in [1.29, 1.82) is 0 Å². The third-order valence-corrected chi connectivity index (χ3v) is 7.84. The lowest BCUT2D eigenvalue weighted by atomic mass is 9.76. The summed E-state index contributed by atoms with van der Waals surface area (Å²) in [4.78, 5) is 29.9. The summed E-state index contributed by atoms with van der Waals surface area (Å²) in [7, 11) is 0. The summed E-state index contributed by atoms with van der Waals surface area (Å²) in [5.74, 6) is 2.15. The van der Waals surface area contributed by atoms with Crippen LogP contribution in [0.3, 0.4) is 0 Å². The first kappa shape index (κ1) is 23.9. The number of rotatable bonds is 9. The van der Waals surface area contributed by atoms with Gasteiger partial charge in [0, 0.05) is 24.8 Å². The number of hydroxylamine groups is 1. The summed E-state index contributed by atoms with van der Waals surface area (Å²) in [6.45, 7) is 3.78. The Bertz CT molecular complexity index is 627. The van der Waals surface area contributed by atoms with E-state index < -0.39 is 0 Å². The van der Waals surface area contributed by atoms with Crippen LogP contribution in [0.4, 0.5) is 0 Å². The number of hydrogen-bond acceptors (Lipinski definition) is 7. The van der Waals surface area contributed by atoms with Gasteiger partial charge in [-0.25, -0.2) is 5.43 Å². The van der Waals surface area contributed by atoms with E-state index in [0.717, 1.165) is 38.1 Å². The van der Waals surface area contributed by atoms with Crippen molar-refractivity contribution in [3.63, 3.8) is 0 Å². The van der Waals surface area contributed by atoms with E-state index in [4.69, 9.17) is 4.84 Å². The standard InChI is InChI=1S/C23H42N6O3/c1-15-7-9-16(10-8-15)21-26-20(32-29-21)12-11-19(30)24-13-4-14-25-22-17-5-2-3-6-18(17)23(31)28-27-22/h15-18,20-22,25-27,29H,2-14H2,1H3,(H,24,30)(H,28,31). The zero-order valence-corrected chi connectivity index (χ0v) is 19.5. The van der Waals surface area contributed by atoms with E-state index in [9.17, 15) is 9.59 Å². The topological polar surface area (TPSA) is 116 Å². The van der Waals surface area contributed by atoms with E-state index in [1.54, 1.807) is 0 Å². The Morgan fingerprint density at radius 3 is 2.75 bits per heavy atom. The first-order valence-corrected chi connectivity index (χ1v) is 12.8. The van der Waals surface area contributed by atoms with Crippen molar-refractivity contribution in [2.24, 2.45) is 23.7 Å².